The van der Waals surface area contributed by atoms with E-state index in [2.05, 4.69) is 6.08 Å². The van der Waals surface area contributed by atoms with E-state index in [-0.39, 0.29) is 0 Å². The summed E-state index contributed by atoms with van der Waals surface area (Å²) < 4.78 is 0. The Kier molecular flexibility index (Phi) is 5.42. The standard InChI is InChI=1S/C16H24O2/c1-4-16(18,5-2)11-7-8-13(3)14-9-6-10-15(17)12-14/h6,8-10,12,17-18H,4-5,7,11H2,1-3H3. The van der Waals surface area contributed by atoms with Crippen LogP contribution in [0, 0.1) is 0 Å². The molecule has 100 valence electrons. The molecule has 0 fully saturated rings. The van der Waals surface area contributed by atoms with Crippen molar-refractivity contribution < 1.29 is 10.2 Å². The first-order chi connectivity index (χ1) is 8.50. The van der Waals surface area contributed by atoms with Crippen molar-refractivity contribution >= 4 is 5.57 Å². The van der Waals surface area contributed by atoms with E-state index in [1.165, 1.54) is 0 Å². The van der Waals surface area contributed by atoms with Crippen LogP contribution in [-0.4, -0.2) is 15.8 Å². The zero-order valence-corrected chi connectivity index (χ0v) is 11.6. The molecule has 1 aromatic rings. The molecule has 2 nitrogen and oxygen atoms in total. The van der Waals surface area contributed by atoms with E-state index in [0.717, 1.165) is 36.8 Å². The van der Waals surface area contributed by atoms with E-state index in [0.29, 0.717) is 5.75 Å². The highest BCUT2D eigenvalue weighted by atomic mass is 16.3. The summed E-state index contributed by atoms with van der Waals surface area (Å²) in [6.45, 7) is 6.08. The van der Waals surface area contributed by atoms with Gasteiger partial charge in [0.05, 0.1) is 5.60 Å². The minimum Gasteiger partial charge on any atom is -0.508 e. The second kappa shape index (κ2) is 6.60. The fourth-order valence-electron chi connectivity index (χ4n) is 2.03. The molecule has 0 saturated heterocycles. The van der Waals surface area contributed by atoms with Crippen molar-refractivity contribution in [3.8, 4) is 5.75 Å². The third kappa shape index (κ3) is 4.19. The number of rotatable bonds is 6. The van der Waals surface area contributed by atoms with E-state index >= 15 is 0 Å². The highest BCUT2D eigenvalue weighted by molar-refractivity contribution is 5.64. The summed E-state index contributed by atoms with van der Waals surface area (Å²) in [5.41, 5.74) is 1.64. The maximum atomic E-state index is 10.2. The van der Waals surface area contributed by atoms with Crippen LogP contribution in [0.4, 0.5) is 0 Å². The lowest BCUT2D eigenvalue weighted by Gasteiger charge is -2.24. The molecule has 0 bridgehead atoms. The second-order valence-electron chi connectivity index (χ2n) is 4.91. The van der Waals surface area contributed by atoms with Gasteiger partial charge in [0.25, 0.3) is 0 Å². The van der Waals surface area contributed by atoms with Crippen LogP contribution in [0.3, 0.4) is 0 Å². The fourth-order valence-corrected chi connectivity index (χ4v) is 2.03. The van der Waals surface area contributed by atoms with Gasteiger partial charge in [-0.15, -0.1) is 0 Å². The summed E-state index contributed by atoms with van der Waals surface area (Å²) in [4.78, 5) is 0. The Morgan fingerprint density at radius 1 is 1.28 bits per heavy atom. The Morgan fingerprint density at radius 3 is 2.50 bits per heavy atom. The molecule has 0 spiro atoms. The van der Waals surface area contributed by atoms with Gasteiger partial charge in [-0.05, 0) is 55.9 Å². The Labute approximate surface area is 110 Å². The number of benzene rings is 1. The largest absolute Gasteiger partial charge is 0.508 e. The van der Waals surface area contributed by atoms with Gasteiger partial charge in [-0.3, -0.25) is 0 Å². The number of allylic oxidation sites excluding steroid dienone is 2. The van der Waals surface area contributed by atoms with Crippen molar-refractivity contribution in [1.29, 1.82) is 0 Å². The average Bonchev–Trinajstić information content (AvgIpc) is 2.38. The zero-order valence-electron chi connectivity index (χ0n) is 11.6. The van der Waals surface area contributed by atoms with Crippen molar-refractivity contribution in [2.45, 2.75) is 52.1 Å². The average molecular weight is 248 g/mol. The van der Waals surface area contributed by atoms with Crippen LogP contribution in [0.1, 0.15) is 52.0 Å². The highest BCUT2D eigenvalue weighted by Gasteiger charge is 2.20. The monoisotopic (exact) mass is 248 g/mol. The Bertz CT molecular complexity index is 403. The molecule has 0 unspecified atom stereocenters. The molecule has 1 rings (SSSR count). The summed E-state index contributed by atoms with van der Waals surface area (Å²) in [5.74, 6) is 0.291. The van der Waals surface area contributed by atoms with E-state index in [4.69, 9.17) is 0 Å². The number of aliphatic hydroxyl groups is 1. The molecule has 18 heavy (non-hydrogen) atoms. The molecule has 0 aliphatic heterocycles. The Hall–Kier alpha value is -1.28. The highest BCUT2D eigenvalue weighted by Crippen LogP contribution is 2.24. The number of aromatic hydroxyl groups is 1. The van der Waals surface area contributed by atoms with E-state index < -0.39 is 5.60 Å². The molecule has 2 heteroatoms. The third-order valence-corrected chi connectivity index (χ3v) is 3.68. The van der Waals surface area contributed by atoms with E-state index in [1.807, 2.05) is 32.9 Å². The van der Waals surface area contributed by atoms with E-state index in [1.54, 1.807) is 12.1 Å². The number of phenolic OH excluding ortho intramolecular Hbond substituents is 1. The predicted molar refractivity (Wildman–Crippen MR) is 76.5 cm³/mol. The topological polar surface area (TPSA) is 40.5 Å². The smallest absolute Gasteiger partial charge is 0.116 e. The lowest BCUT2D eigenvalue weighted by atomic mass is 9.91. The Balaban J connectivity index is 2.63. The van der Waals surface area contributed by atoms with Crippen LogP contribution < -0.4 is 0 Å². The number of hydrogen-bond acceptors (Lipinski definition) is 2. The Morgan fingerprint density at radius 2 is 1.94 bits per heavy atom. The molecule has 0 aromatic heterocycles. The van der Waals surface area contributed by atoms with Crippen molar-refractivity contribution in [2.75, 3.05) is 0 Å². The van der Waals surface area contributed by atoms with Crippen LogP contribution in [0.25, 0.3) is 5.57 Å². The predicted octanol–water partition coefficient (Wildman–Crippen LogP) is 4.13. The van der Waals surface area contributed by atoms with Gasteiger partial charge in [0.1, 0.15) is 5.75 Å². The lowest BCUT2D eigenvalue weighted by Crippen LogP contribution is -2.25. The minimum absolute atomic E-state index is 0.291. The van der Waals surface area contributed by atoms with Gasteiger partial charge in [-0.2, -0.15) is 0 Å². The molecule has 0 saturated carbocycles. The molecule has 1 aromatic carbocycles. The van der Waals surface area contributed by atoms with Gasteiger partial charge in [-0.1, -0.05) is 32.1 Å². The quantitative estimate of drug-likeness (QED) is 0.794. The van der Waals surface area contributed by atoms with Gasteiger partial charge >= 0.3 is 0 Å². The molecule has 0 aliphatic carbocycles. The van der Waals surface area contributed by atoms with Crippen molar-refractivity contribution in [3.05, 3.63) is 35.9 Å². The molecular formula is C16H24O2. The van der Waals surface area contributed by atoms with Crippen LogP contribution in [0.5, 0.6) is 5.75 Å². The first-order valence-corrected chi connectivity index (χ1v) is 6.69. The first-order valence-electron chi connectivity index (χ1n) is 6.69. The maximum Gasteiger partial charge on any atom is 0.116 e. The minimum atomic E-state index is -0.532. The SMILES string of the molecule is CCC(O)(CC)CCC=C(C)c1cccc(O)c1. The molecule has 2 N–H and O–H groups in total. The van der Waals surface area contributed by atoms with Gasteiger partial charge in [-0.25, -0.2) is 0 Å². The number of phenols is 1. The van der Waals surface area contributed by atoms with Crippen LogP contribution in [-0.2, 0) is 0 Å². The fraction of sp³-hybridized carbons (Fsp3) is 0.500. The molecule has 0 amide bonds. The van der Waals surface area contributed by atoms with Crippen molar-refractivity contribution in [1.82, 2.24) is 0 Å². The van der Waals surface area contributed by atoms with Gasteiger partial charge in [0.15, 0.2) is 0 Å². The zero-order chi connectivity index (χ0) is 13.6. The van der Waals surface area contributed by atoms with Gasteiger partial charge in [0.2, 0.25) is 0 Å². The summed E-state index contributed by atoms with van der Waals surface area (Å²) in [5, 5.41) is 19.6. The van der Waals surface area contributed by atoms with Crippen molar-refractivity contribution in [2.24, 2.45) is 0 Å². The summed E-state index contributed by atoms with van der Waals surface area (Å²) in [7, 11) is 0. The third-order valence-electron chi connectivity index (χ3n) is 3.68. The van der Waals surface area contributed by atoms with Gasteiger partial charge < -0.3 is 10.2 Å². The van der Waals surface area contributed by atoms with Crippen molar-refractivity contribution in [3.63, 3.8) is 0 Å². The molecular weight excluding hydrogens is 224 g/mol. The summed E-state index contributed by atoms with van der Waals surface area (Å²) in [6, 6.07) is 7.26. The lowest BCUT2D eigenvalue weighted by molar-refractivity contribution is 0.0246. The van der Waals surface area contributed by atoms with Gasteiger partial charge in [0, 0.05) is 0 Å². The van der Waals surface area contributed by atoms with Crippen LogP contribution >= 0.6 is 0 Å². The number of hydrogen-bond donors (Lipinski definition) is 2. The normalized spacial score (nSPS) is 12.8. The summed E-state index contributed by atoms with van der Waals surface area (Å²) >= 11 is 0. The van der Waals surface area contributed by atoms with Crippen LogP contribution in [0.2, 0.25) is 0 Å². The molecule has 0 radical (unpaired) electrons. The molecule has 0 heterocycles. The maximum absolute atomic E-state index is 10.2. The molecule has 0 atom stereocenters. The summed E-state index contributed by atoms with van der Waals surface area (Å²) in [6.07, 6.45) is 5.37. The second-order valence-corrected chi connectivity index (χ2v) is 4.91. The first kappa shape index (κ1) is 14.8. The molecule has 0 aliphatic rings. The van der Waals surface area contributed by atoms with Crippen LogP contribution in [0.15, 0.2) is 30.3 Å². The van der Waals surface area contributed by atoms with E-state index in [9.17, 15) is 10.2 Å².